The number of benzene rings is 2. The molecule has 6 nitrogen and oxygen atoms in total. The second-order valence-electron chi connectivity index (χ2n) is 5.42. The molecule has 2 aromatic carbocycles. The largest absolute Gasteiger partial charge is 0.365 e. The summed E-state index contributed by atoms with van der Waals surface area (Å²) in [6.07, 6.45) is 0. The Morgan fingerprint density at radius 1 is 0.958 bits per heavy atom. The maximum absolute atomic E-state index is 12.0. The van der Waals surface area contributed by atoms with Gasteiger partial charge in [-0.15, -0.1) is 0 Å². The Hall–Kier alpha value is -3.41. The summed E-state index contributed by atoms with van der Waals surface area (Å²) < 4.78 is 1.53. The molecule has 24 heavy (non-hydrogen) atoms. The standard InChI is InChI=1S/C18H16N4O2/c1-11-6-5-9-13(10-11)22-16(12-7-3-2-4-8-12)14(17(19)23)15(21-22)18(20)24/h2-10H,1H3,(H2,19,23)(H2,20,24). The molecular formula is C18H16N4O2. The van der Waals surface area contributed by atoms with Crippen LogP contribution in [0.3, 0.4) is 0 Å². The van der Waals surface area contributed by atoms with Crippen LogP contribution < -0.4 is 11.5 Å². The van der Waals surface area contributed by atoms with Crippen LogP contribution in [-0.4, -0.2) is 21.6 Å². The van der Waals surface area contributed by atoms with Crippen LogP contribution in [0.25, 0.3) is 16.9 Å². The van der Waals surface area contributed by atoms with Crippen LogP contribution in [0.2, 0.25) is 0 Å². The Morgan fingerprint density at radius 3 is 2.25 bits per heavy atom. The van der Waals surface area contributed by atoms with E-state index in [-0.39, 0.29) is 11.3 Å². The normalized spacial score (nSPS) is 10.5. The number of hydrogen-bond donors (Lipinski definition) is 2. The summed E-state index contributed by atoms with van der Waals surface area (Å²) >= 11 is 0. The third-order valence-corrected chi connectivity index (χ3v) is 3.66. The lowest BCUT2D eigenvalue weighted by molar-refractivity contribution is 0.0965. The van der Waals surface area contributed by atoms with Gasteiger partial charge in [0.15, 0.2) is 5.69 Å². The quantitative estimate of drug-likeness (QED) is 0.768. The van der Waals surface area contributed by atoms with Crippen molar-refractivity contribution in [2.45, 2.75) is 6.92 Å². The summed E-state index contributed by atoms with van der Waals surface area (Å²) in [5.74, 6) is -1.55. The van der Waals surface area contributed by atoms with Crippen LogP contribution in [-0.2, 0) is 0 Å². The molecule has 0 fully saturated rings. The molecule has 6 heteroatoms. The highest BCUT2D eigenvalue weighted by molar-refractivity contribution is 6.09. The summed E-state index contributed by atoms with van der Waals surface area (Å²) in [5.41, 5.74) is 13.7. The van der Waals surface area contributed by atoms with Gasteiger partial charge in [0.25, 0.3) is 11.8 Å². The molecule has 0 saturated carbocycles. The van der Waals surface area contributed by atoms with Crippen molar-refractivity contribution in [2.24, 2.45) is 11.5 Å². The van der Waals surface area contributed by atoms with Gasteiger partial charge in [-0.3, -0.25) is 9.59 Å². The molecule has 0 aliphatic rings. The van der Waals surface area contributed by atoms with E-state index in [1.807, 2.05) is 61.5 Å². The number of aromatic nitrogens is 2. The molecule has 3 rings (SSSR count). The Labute approximate surface area is 138 Å². The number of carbonyl (C=O) groups is 2. The number of carbonyl (C=O) groups excluding carboxylic acids is 2. The third kappa shape index (κ3) is 2.65. The van der Waals surface area contributed by atoms with Crippen LogP contribution in [0.1, 0.15) is 26.4 Å². The minimum Gasteiger partial charge on any atom is -0.365 e. The second kappa shape index (κ2) is 6.00. The molecule has 0 unspecified atom stereocenters. The third-order valence-electron chi connectivity index (χ3n) is 3.66. The number of amides is 2. The van der Waals surface area contributed by atoms with Crippen molar-refractivity contribution in [2.75, 3.05) is 0 Å². The molecule has 3 aromatic rings. The predicted octanol–water partition coefficient (Wildman–Crippen LogP) is 2.05. The fourth-order valence-electron chi connectivity index (χ4n) is 2.63. The summed E-state index contributed by atoms with van der Waals surface area (Å²) in [7, 11) is 0. The van der Waals surface area contributed by atoms with Crippen molar-refractivity contribution in [1.29, 1.82) is 0 Å². The highest BCUT2D eigenvalue weighted by Crippen LogP contribution is 2.29. The number of aryl methyl sites for hydroxylation is 1. The van der Waals surface area contributed by atoms with Gasteiger partial charge in [0.1, 0.15) is 0 Å². The van der Waals surface area contributed by atoms with Gasteiger partial charge in [-0.25, -0.2) is 4.68 Å². The molecule has 1 aromatic heterocycles. The van der Waals surface area contributed by atoms with E-state index in [2.05, 4.69) is 5.10 Å². The lowest BCUT2D eigenvalue weighted by Crippen LogP contribution is -2.20. The highest BCUT2D eigenvalue weighted by Gasteiger charge is 2.26. The zero-order valence-corrected chi connectivity index (χ0v) is 13.1. The van der Waals surface area contributed by atoms with Crippen molar-refractivity contribution >= 4 is 11.8 Å². The molecule has 0 atom stereocenters. The number of hydrogen-bond acceptors (Lipinski definition) is 3. The molecule has 0 aliphatic carbocycles. The van der Waals surface area contributed by atoms with E-state index >= 15 is 0 Å². The summed E-state index contributed by atoms with van der Waals surface area (Å²) in [4.78, 5) is 23.8. The van der Waals surface area contributed by atoms with Crippen LogP contribution >= 0.6 is 0 Å². The molecule has 0 saturated heterocycles. The number of nitrogens with two attached hydrogens (primary N) is 2. The smallest absolute Gasteiger partial charge is 0.270 e. The first-order valence-electron chi connectivity index (χ1n) is 7.34. The van der Waals surface area contributed by atoms with Gasteiger partial charge in [0.2, 0.25) is 0 Å². The lowest BCUT2D eigenvalue weighted by Gasteiger charge is -2.09. The van der Waals surface area contributed by atoms with E-state index in [0.717, 1.165) is 5.56 Å². The average molecular weight is 320 g/mol. The first-order chi connectivity index (χ1) is 11.5. The van der Waals surface area contributed by atoms with Crippen molar-refractivity contribution in [1.82, 2.24) is 9.78 Å². The Morgan fingerprint density at radius 2 is 1.67 bits per heavy atom. The van der Waals surface area contributed by atoms with E-state index in [1.54, 1.807) is 0 Å². The summed E-state index contributed by atoms with van der Waals surface area (Å²) in [6.45, 7) is 1.94. The molecule has 2 amide bonds. The fraction of sp³-hybridized carbons (Fsp3) is 0.0556. The van der Waals surface area contributed by atoms with Crippen LogP contribution in [0.15, 0.2) is 54.6 Å². The van der Waals surface area contributed by atoms with Crippen molar-refractivity contribution in [3.8, 4) is 16.9 Å². The Bertz CT molecular complexity index is 929. The molecule has 0 radical (unpaired) electrons. The van der Waals surface area contributed by atoms with E-state index < -0.39 is 11.8 Å². The van der Waals surface area contributed by atoms with Crippen LogP contribution in [0.5, 0.6) is 0 Å². The first-order valence-corrected chi connectivity index (χ1v) is 7.34. The first kappa shape index (κ1) is 15.5. The topological polar surface area (TPSA) is 104 Å². The van der Waals surface area contributed by atoms with Crippen molar-refractivity contribution in [3.05, 3.63) is 71.4 Å². The predicted molar refractivity (Wildman–Crippen MR) is 90.8 cm³/mol. The van der Waals surface area contributed by atoms with Crippen molar-refractivity contribution in [3.63, 3.8) is 0 Å². The Balaban J connectivity index is 2.39. The minimum absolute atomic E-state index is 0.0233. The molecule has 0 aliphatic heterocycles. The van der Waals surface area contributed by atoms with E-state index in [4.69, 9.17) is 11.5 Å². The molecule has 1 heterocycles. The van der Waals surface area contributed by atoms with E-state index in [1.165, 1.54) is 4.68 Å². The molecule has 120 valence electrons. The summed E-state index contributed by atoms with van der Waals surface area (Å²) in [6, 6.07) is 16.7. The van der Waals surface area contributed by atoms with Gasteiger partial charge in [-0.2, -0.15) is 5.10 Å². The number of rotatable bonds is 4. The Kier molecular flexibility index (Phi) is 3.87. The average Bonchev–Trinajstić information content (AvgIpc) is 2.96. The van der Waals surface area contributed by atoms with Gasteiger partial charge < -0.3 is 11.5 Å². The molecule has 0 bridgehead atoms. The maximum Gasteiger partial charge on any atom is 0.270 e. The van der Waals surface area contributed by atoms with Crippen LogP contribution in [0, 0.1) is 6.92 Å². The SMILES string of the molecule is Cc1cccc(-n2nc(C(N)=O)c(C(N)=O)c2-c2ccccc2)c1. The van der Waals surface area contributed by atoms with Crippen LogP contribution in [0.4, 0.5) is 0 Å². The zero-order valence-electron chi connectivity index (χ0n) is 13.1. The minimum atomic E-state index is -0.799. The molecule has 0 spiro atoms. The molecular weight excluding hydrogens is 304 g/mol. The maximum atomic E-state index is 12.0. The van der Waals surface area contributed by atoms with Crippen molar-refractivity contribution < 1.29 is 9.59 Å². The van der Waals surface area contributed by atoms with E-state index in [9.17, 15) is 9.59 Å². The highest BCUT2D eigenvalue weighted by atomic mass is 16.2. The van der Waals surface area contributed by atoms with Gasteiger partial charge in [0.05, 0.1) is 16.9 Å². The monoisotopic (exact) mass is 320 g/mol. The second-order valence-corrected chi connectivity index (χ2v) is 5.42. The summed E-state index contributed by atoms with van der Waals surface area (Å²) in [5, 5.41) is 4.26. The number of nitrogens with zero attached hydrogens (tertiary/aromatic N) is 2. The van der Waals surface area contributed by atoms with E-state index in [0.29, 0.717) is 16.9 Å². The lowest BCUT2D eigenvalue weighted by atomic mass is 10.0. The van der Waals surface area contributed by atoms with Gasteiger partial charge in [-0.05, 0) is 24.6 Å². The van der Waals surface area contributed by atoms with Gasteiger partial charge in [0, 0.05) is 5.56 Å². The fourth-order valence-corrected chi connectivity index (χ4v) is 2.63. The number of primary amides is 2. The van der Waals surface area contributed by atoms with Gasteiger partial charge in [-0.1, -0.05) is 42.5 Å². The zero-order chi connectivity index (χ0) is 17.3. The van der Waals surface area contributed by atoms with Gasteiger partial charge >= 0.3 is 0 Å². The molecule has 4 N–H and O–H groups in total.